The number of anilines is 1. The summed E-state index contributed by atoms with van der Waals surface area (Å²) in [6.45, 7) is 0. The molecule has 2 heterocycles. The number of nitrogens with zero attached hydrogens (tertiary/aromatic N) is 1. The molecule has 6 heteroatoms. The van der Waals surface area contributed by atoms with Gasteiger partial charge in [0.1, 0.15) is 5.52 Å². The van der Waals surface area contributed by atoms with Gasteiger partial charge in [0, 0.05) is 23.0 Å². The Labute approximate surface area is 149 Å². The van der Waals surface area contributed by atoms with Crippen LogP contribution in [0.2, 0.25) is 0 Å². The molecule has 0 aliphatic heterocycles. The molecule has 6 nitrogen and oxygen atoms in total. The van der Waals surface area contributed by atoms with Gasteiger partial charge in [-0.3, -0.25) is 14.9 Å². The van der Waals surface area contributed by atoms with Crippen LogP contribution in [-0.4, -0.2) is 26.6 Å². The highest BCUT2D eigenvalue weighted by atomic mass is 16.1. The van der Waals surface area contributed by atoms with E-state index in [9.17, 15) is 9.59 Å². The highest BCUT2D eigenvalue weighted by molar-refractivity contribution is 6.08. The van der Waals surface area contributed by atoms with Crippen LogP contribution in [-0.2, 0) is 6.42 Å². The first kappa shape index (κ1) is 15.8. The molecule has 2 aromatic heterocycles. The van der Waals surface area contributed by atoms with Crippen molar-refractivity contribution in [3.8, 4) is 0 Å². The third-order valence-corrected chi connectivity index (χ3v) is 4.09. The van der Waals surface area contributed by atoms with Crippen molar-refractivity contribution in [1.29, 1.82) is 0 Å². The maximum atomic E-state index is 12.6. The fourth-order valence-corrected chi connectivity index (χ4v) is 2.83. The van der Waals surface area contributed by atoms with Crippen molar-refractivity contribution >= 4 is 28.7 Å². The lowest BCUT2D eigenvalue weighted by atomic mass is 10.1. The normalized spacial score (nSPS) is 10.8. The number of para-hydroxylation sites is 1. The van der Waals surface area contributed by atoms with E-state index in [-0.39, 0.29) is 18.1 Å². The standard InChI is InChI=1S/C20H16N4O2/c25-17(12-14-8-5-11-21-14)15-9-4-10-16-18(15)23-20(22-16)24-19(26)13-6-2-1-3-7-13/h1-11,21H,12H2,(H2,22,23,24,26). The number of ketones is 1. The van der Waals surface area contributed by atoms with Gasteiger partial charge in [0.25, 0.3) is 5.91 Å². The van der Waals surface area contributed by atoms with Gasteiger partial charge in [-0.2, -0.15) is 0 Å². The van der Waals surface area contributed by atoms with E-state index in [1.54, 1.807) is 42.6 Å². The van der Waals surface area contributed by atoms with Crippen LogP contribution in [0.15, 0.2) is 66.9 Å². The Bertz CT molecular complexity index is 1070. The number of amides is 1. The van der Waals surface area contributed by atoms with Crippen LogP contribution < -0.4 is 5.32 Å². The predicted molar refractivity (Wildman–Crippen MR) is 99.3 cm³/mol. The van der Waals surface area contributed by atoms with Crippen molar-refractivity contribution in [2.75, 3.05) is 5.32 Å². The molecule has 0 radical (unpaired) electrons. The lowest BCUT2D eigenvalue weighted by Gasteiger charge is -2.01. The predicted octanol–water partition coefficient (Wildman–Crippen LogP) is 3.57. The van der Waals surface area contributed by atoms with Gasteiger partial charge in [0.2, 0.25) is 5.95 Å². The number of hydrogen-bond acceptors (Lipinski definition) is 3. The van der Waals surface area contributed by atoms with Gasteiger partial charge >= 0.3 is 0 Å². The number of benzene rings is 2. The fourth-order valence-electron chi connectivity index (χ4n) is 2.83. The van der Waals surface area contributed by atoms with E-state index in [1.165, 1.54) is 0 Å². The van der Waals surface area contributed by atoms with Crippen molar-refractivity contribution in [3.05, 3.63) is 83.7 Å². The Morgan fingerprint density at radius 3 is 2.58 bits per heavy atom. The highest BCUT2D eigenvalue weighted by Crippen LogP contribution is 2.20. The number of rotatable bonds is 5. The van der Waals surface area contributed by atoms with Crippen molar-refractivity contribution in [1.82, 2.24) is 15.0 Å². The Kier molecular flexibility index (Phi) is 4.07. The molecule has 2 aromatic carbocycles. The van der Waals surface area contributed by atoms with Gasteiger partial charge in [-0.15, -0.1) is 0 Å². The SMILES string of the molecule is O=C(Nc1nc2c(C(=O)Cc3ccc[nH]3)cccc2[nH]1)c1ccccc1. The van der Waals surface area contributed by atoms with Gasteiger partial charge < -0.3 is 9.97 Å². The molecule has 0 bridgehead atoms. The third kappa shape index (κ3) is 3.12. The molecule has 0 saturated heterocycles. The maximum absolute atomic E-state index is 12.6. The number of imidazole rings is 1. The van der Waals surface area contributed by atoms with Crippen LogP contribution in [0, 0.1) is 0 Å². The van der Waals surface area contributed by atoms with E-state index in [0.29, 0.717) is 28.1 Å². The number of fused-ring (bicyclic) bond motifs is 1. The van der Waals surface area contributed by atoms with E-state index in [1.807, 2.05) is 24.3 Å². The van der Waals surface area contributed by atoms with E-state index in [2.05, 4.69) is 20.3 Å². The minimum Gasteiger partial charge on any atom is -0.365 e. The second-order valence-electron chi connectivity index (χ2n) is 5.90. The number of carbonyl (C=O) groups is 2. The fraction of sp³-hybridized carbons (Fsp3) is 0.0500. The molecule has 1 amide bonds. The van der Waals surface area contributed by atoms with E-state index in [0.717, 1.165) is 5.69 Å². The number of nitrogens with one attached hydrogen (secondary N) is 3. The van der Waals surface area contributed by atoms with Crippen LogP contribution in [0.25, 0.3) is 11.0 Å². The number of Topliss-reactive ketones (excluding diaryl/α,β-unsaturated/α-hetero) is 1. The summed E-state index contributed by atoms with van der Waals surface area (Å²) in [5.74, 6) is 0.0170. The van der Waals surface area contributed by atoms with E-state index in [4.69, 9.17) is 0 Å². The van der Waals surface area contributed by atoms with Gasteiger partial charge in [0.15, 0.2) is 5.78 Å². The van der Waals surface area contributed by atoms with Crippen LogP contribution in [0.5, 0.6) is 0 Å². The lowest BCUT2D eigenvalue weighted by Crippen LogP contribution is -2.12. The van der Waals surface area contributed by atoms with Gasteiger partial charge in [-0.1, -0.05) is 24.3 Å². The van der Waals surface area contributed by atoms with Crippen molar-refractivity contribution in [3.63, 3.8) is 0 Å². The summed E-state index contributed by atoms with van der Waals surface area (Å²) in [7, 11) is 0. The number of hydrogen-bond donors (Lipinski definition) is 3. The molecule has 0 aliphatic carbocycles. The average Bonchev–Trinajstić information content (AvgIpc) is 3.31. The summed E-state index contributed by atoms with van der Waals surface area (Å²) in [5.41, 5.74) is 3.16. The monoisotopic (exact) mass is 344 g/mol. The number of H-pyrrole nitrogens is 2. The van der Waals surface area contributed by atoms with Gasteiger partial charge in [0.05, 0.1) is 11.9 Å². The van der Waals surface area contributed by atoms with Crippen molar-refractivity contribution in [2.45, 2.75) is 6.42 Å². The molecule has 0 saturated carbocycles. The topological polar surface area (TPSA) is 90.6 Å². The Morgan fingerprint density at radius 2 is 1.81 bits per heavy atom. The van der Waals surface area contributed by atoms with E-state index < -0.39 is 0 Å². The molecule has 3 N–H and O–H groups in total. The summed E-state index contributed by atoms with van der Waals surface area (Å²) in [4.78, 5) is 35.4. The molecule has 128 valence electrons. The molecule has 0 atom stereocenters. The summed E-state index contributed by atoms with van der Waals surface area (Å²) >= 11 is 0. The van der Waals surface area contributed by atoms with Crippen molar-refractivity contribution in [2.24, 2.45) is 0 Å². The molecule has 0 unspecified atom stereocenters. The molecule has 4 aromatic rings. The summed E-state index contributed by atoms with van der Waals surface area (Å²) in [5, 5.41) is 2.74. The highest BCUT2D eigenvalue weighted by Gasteiger charge is 2.16. The molecule has 0 aliphatic rings. The maximum Gasteiger partial charge on any atom is 0.257 e. The largest absolute Gasteiger partial charge is 0.365 e. The zero-order valence-corrected chi connectivity index (χ0v) is 13.8. The van der Waals surface area contributed by atoms with Crippen LogP contribution in [0.3, 0.4) is 0 Å². The van der Waals surface area contributed by atoms with E-state index >= 15 is 0 Å². The summed E-state index contributed by atoms with van der Waals surface area (Å²) in [6, 6.07) is 18.0. The smallest absolute Gasteiger partial charge is 0.257 e. The molecule has 26 heavy (non-hydrogen) atoms. The summed E-state index contributed by atoms with van der Waals surface area (Å²) in [6.07, 6.45) is 2.06. The second kappa shape index (κ2) is 6.68. The zero-order valence-electron chi connectivity index (χ0n) is 13.8. The molecule has 0 spiro atoms. The molecule has 0 fully saturated rings. The minimum absolute atomic E-state index is 0.0366. The average molecular weight is 344 g/mol. The van der Waals surface area contributed by atoms with Crippen LogP contribution >= 0.6 is 0 Å². The first-order valence-electron chi connectivity index (χ1n) is 8.21. The summed E-state index contributed by atoms with van der Waals surface area (Å²) < 4.78 is 0. The second-order valence-corrected chi connectivity index (χ2v) is 5.90. The Morgan fingerprint density at radius 1 is 0.962 bits per heavy atom. The first-order chi connectivity index (χ1) is 12.7. The third-order valence-electron chi connectivity index (χ3n) is 4.09. The zero-order chi connectivity index (χ0) is 17.9. The van der Waals surface area contributed by atoms with Crippen molar-refractivity contribution < 1.29 is 9.59 Å². The lowest BCUT2D eigenvalue weighted by molar-refractivity contribution is 0.0991. The molecule has 4 rings (SSSR count). The molecular formula is C20H16N4O2. The minimum atomic E-state index is -0.260. The first-order valence-corrected chi connectivity index (χ1v) is 8.21. The van der Waals surface area contributed by atoms with Crippen LogP contribution in [0.1, 0.15) is 26.4 Å². The Balaban J connectivity index is 1.61. The van der Waals surface area contributed by atoms with Gasteiger partial charge in [-0.25, -0.2) is 4.98 Å². The quantitative estimate of drug-likeness (QED) is 0.483. The number of aromatic amines is 2. The van der Waals surface area contributed by atoms with Crippen LogP contribution in [0.4, 0.5) is 5.95 Å². The van der Waals surface area contributed by atoms with Gasteiger partial charge in [-0.05, 0) is 36.4 Å². The Hall–Kier alpha value is -3.67. The number of carbonyl (C=O) groups excluding carboxylic acids is 2. The molecular weight excluding hydrogens is 328 g/mol. The number of aromatic nitrogens is 3.